The molecule has 0 fully saturated rings. The van der Waals surface area contributed by atoms with Crippen LogP contribution in [-0.4, -0.2) is 33.5 Å². The number of hydrogen-bond donors (Lipinski definition) is 2. The van der Waals surface area contributed by atoms with E-state index in [0.717, 1.165) is 10.4 Å². The van der Waals surface area contributed by atoms with Crippen molar-refractivity contribution in [3.8, 4) is 5.75 Å². The quantitative estimate of drug-likeness (QED) is 0.577. The van der Waals surface area contributed by atoms with Gasteiger partial charge in [0.1, 0.15) is 16.5 Å². The van der Waals surface area contributed by atoms with Crippen molar-refractivity contribution < 1.29 is 22.3 Å². The minimum atomic E-state index is -3.81. The van der Waals surface area contributed by atoms with Crippen LogP contribution in [0.5, 0.6) is 5.75 Å². The number of carbonyl (C=O) groups excluding carboxylic acids is 1. The number of thiazole rings is 1. The number of sulfonamides is 1. The largest absolute Gasteiger partial charge is 0.495 e. The van der Waals surface area contributed by atoms with Crippen molar-refractivity contribution in [3.63, 3.8) is 0 Å². The van der Waals surface area contributed by atoms with Crippen molar-refractivity contribution in [1.82, 2.24) is 9.71 Å². The van der Waals surface area contributed by atoms with Gasteiger partial charge in [0.2, 0.25) is 10.0 Å². The normalized spacial score (nSPS) is 11.3. The van der Waals surface area contributed by atoms with Gasteiger partial charge in [-0.1, -0.05) is 12.1 Å². The van der Waals surface area contributed by atoms with Gasteiger partial charge in [0.15, 0.2) is 5.13 Å². The molecule has 0 aliphatic carbocycles. The third-order valence-electron chi connectivity index (χ3n) is 4.37. The Labute approximate surface area is 178 Å². The van der Waals surface area contributed by atoms with Crippen molar-refractivity contribution >= 4 is 32.4 Å². The van der Waals surface area contributed by atoms with E-state index < -0.39 is 15.9 Å². The van der Waals surface area contributed by atoms with Gasteiger partial charge >= 0.3 is 0 Å². The standard InChI is InChI=1S/C20H20FN3O4S2/c1-12-4-5-13(9-16(12)21)8-15-11-23-20(29-15)24-19(25)14-6-7-17(28-3)18(10-14)30(26,27)22-2/h4-7,9-11,22H,8H2,1-3H3,(H,23,24,25). The van der Waals surface area contributed by atoms with Gasteiger partial charge in [-0.15, -0.1) is 11.3 Å². The number of amides is 1. The maximum Gasteiger partial charge on any atom is 0.257 e. The molecule has 2 aromatic carbocycles. The number of halogens is 1. The summed E-state index contributed by atoms with van der Waals surface area (Å²) in [6.07, 6.45) is 2.10. The number of aromatic nitrogens is 1. The highest BCUT2D eigenvalue weighted by atomic mass is 32.2. The zero-order valence-corrected chi connectivity index (χ0v) is 18.2. The fraction of sp³-hybridized carbons (Fsp3) is 0.200. The van der Waals surface area contributed by atoms with E-state index >= 15 is 0 Å². The number of anilines is 1. The lowest BCUT2D eigenvalue weighted by Crippen LogP contribution is -2.20. The fourth-order valence-corrected chi connectivity index (χ4v) is 4.46. The number of rotatable bonds is 7. The number of nitrogens with one attached hydrogen (secondary N) is 2. The summed E-state index contributed by atoms with van der Waals surface area (Å²) in [6, 6.07) is 9.16. The molecule has 0 saturated heterocycles. The molecule has 1 amide bonds. The molecular weight excluding hydrogens is 429 g/mol. The Morgan fingerprint density at radius 2 is 2.00 bits per heavy atom. The molecule has 7 nitrogen and oxygen atoms in total. The van der Waals surface area contributed by atoms with Gasteiger partial charge in [-0.05, 0) is 49.4 Å². The molecular formula is C20H20FN3O4S2. The molecule has 0 aliphatic heterocycles. The first-order valence-corrected chi connectivity index (χ1v) is 11.2. The highest BCUT2D eigenvalue weighted by molar-refractivity contribution is 7.89. The zero-order valence-electron chi connectivity index (χ0n) is 16.5. The summed E-state index contributed by atoms with van der Waals surface area (Å²) in [4.78, 5) is 17.5. The van der Waals surface area contributed by atoms with Gasteiger partial charge in [0.05, 0.1) is 7.11 Å². The van der Waals surface area contributed by atoms with Crippen LogP contribution >= 0.6 is 11.3 Å². The summed E-state index contributed by atoms with van der Waals surface area (Å²) in [5, 5.41) is 3.02. The van der Waals surface area contributed by atoms with Crippen LogP contribution in [0.2, 0.25) is 0 Å². The number of hydrogen-bond acceptors (Lipinski definition) is 6. The van der Waals surface area contributed by atoms with Gasteiger partial charge in [-0.25, -0.2) is 22.5 Å². The first-order valence-electron chi connectivity index (χ1n) is 8.86. The van der Waals surface area contributed by atoms with Crippen LogP contribution in [0.3, 0.4) is 0 Å². The first kappa shape index (κ1) is 21.9. The second-order valence-corrected chi connectivity index (χ2v) is 9.39. The van der Waals surface area contributed by atoms with Crippen LogP contribution in [-0.2, 0) is 16.4 Å². The molecule has 1 aromatic heterocycles. The average Bonchev–Trinajstić information content (AvgIpc) is 3.16. The fourth-order valence-electron chi connectivity index (χ4n) is 2.70. The van der Waals surface area contributed by atoms with Gasteiger partial charge in [0.25, 0.3) is 5.91 Å². The molecule has 0 radical (unpaired) electrons. The second-order valence-electron chi connectivity index (χ2n) is 6.42. The predicted octanol–water partition coefficient (Wildman–Crippen LogP) is 3.35. The predicted molar refractivity (Wildman–Crippen MR) is 113 cm³/mol. The lowest BCUT2D eigenvalue weighted by Gasteiger charge is -2.10. The summed E-state index contributed by atoms with van der Waals surface area (Å²) in [5.74, 6) is -0.646. The highest BCUT2D eigenvalue weighted by Crippen LogP contribution is 2.26. The Balaban J connectivity index is 1.77. The van der Waals surface area contributed by atoms with Crippen LogP contribution in [0, 0.1) is 12.7 Å². The number of nitrogens with zero attached hydrogens (tertiary/aromatic N) is 1. The van der Waals surface area contributed by atoms with Gasteiger partial charge in [-0.2, -0.15) is 0 Å². The van der Waals surface area contributed by atoms with E-state index in [4.69, 9.17) is 4.74 Å². The maximum absolute atomic E-state index is 13.7. The Hall–Kier alpha value is -2.82. The average molecular weight is 450 g/mol. The molecule has 0 bridgehead atoms. The van der Waals surface area contributed by atoms with E-state index in [9.17, 15) is 17.6 Å². The summed E-state index contributed by atoms with van der Waals surface area (Å²) >= 11 is 1.26. The molecule has 0 saturated carbocycles. The number of benzene rings is 2. The zero-order chi connectivity index (χ0) is 21.9. The van der Waals surface area contributed by atoms with E-state index in [0.29, 0.717) is 17.1 Å². The molecule has 2 N–H and O–H groups in total. The molecule has 158 valence electrons. The number of ether oxygens (including phenoxy) is 1. The molecule has 0 atom stereocenters. The molecule has 1 heterocycles. The molecule has 30 heavy (non-hydrogen) atoms. The molecule has 0 unspecified atom stereocenters. The van der Waals surface area contributed by atoms with Gasteiger partial charge < -0.3 is 4.74 Å². The molecule has 10 heteroatoms. The molecule has 3 rings (SSSR count). The van der Waals surface area contributed by atoms with Crippen molar-refractivity contribution in [1.29, 1.82) is 0 Å². The first-order chi connectivity index (χ1) is 14.2. The van der Waals surface area contributed by atoms with E-state index in [-0.39, 0.29) is 22.0 Å². The SMILES string of the molecule is CNS(=O)(=O)c1cc(C(=O)Nc2ncc(Cc3ccc(C)c(F)c3)s2)ccc1OC. The van der Waals surface area contributed by atoms with E-state index in [1.807, 2.05) is 6.07 Å². The Morgan fingerprint density at radius 3 is 2.67 bits per heavy atom. The monoisotopic (exact) mass is 449 g/mol. The van der Waals surface area contributed by atoms with Gasteiger partial charge in [-0.3, -0.25) is 10.1 Å². The number of carbonyl (C=O) groups is 1. The van der Waals surface area contributed by atoms with Gasteiger partial charge in [0, 0.05) is 23.1 Å². The van der Waals surface area contributed by atoms with Crippen molar-refractivity contribution in [2.24, 2.45) is 0 Å². The van der Waals surface area contributed by atoms with Crippen LogP contribution in [0.25, 0.3) is 0 Å². The molecule has 3 aromatic rings. The van der Waals surface area contributed by atoms with Crippen LogP contribution < -0.4 is 14.8 Å². The van der Waals surface area contributed by atoms with Crippen LogP contribution in [0.15, 0.2) is 47.5 Å². The van der Waals surface area contributed by atoms with Crippen LogP contribution in [0.4, 0.5) is 9.52 Å². The molecule has 0 aliphatic rings. The molecule has 0 spiro atoms. The lowest BCUT2D eigenvalue weighted by molar-refractivity contribution is 0.102. The van der Waals surface area contributed by atoms with Crippen molar-refractivity contribution in [3.05, 3.63) is 70.0 Å². The smallest absolute Gasteiger partial charge is 0.257 e. The van der Waals surface area contributed by atoms with Crippen molar-refractivity contribution in [2.75, 3.05) is 19.5 Å². The summed E-state index contributed by atoms with van der Waals surface area (Å²) in [7, 11) is -1.18. The topological polar surface area (TPSA) is 97.4 Å². The van der Waals surface area contributed by atoms with Crippen LogP contribution in [0.1, 0.15) is 26.4 Å². The summed E-state index contributed by atoms with van der Waals surface area (Å²) in [5.41, 5.74) is 1.52. The van der Waals surface area contributed by atoms with E-state index in [1.165, 1.54) is 49.8 Å². The highest BCUT2D eigenvalue weighted by Gasteiger charge is 2.20. The second kappa shape index (κ2) is 8.90. The Bertz CT molecular complexity index is 1190. The number of methoxy groups -OCH3 is 1. The van der Waals surface area contributed by atoms with Crippen molar-refractivity contribution in [2.45, 2.75) is 18.2 Å². The third-order valence-corrected chi connectivity index (χ3v) is 6.72. The summed E-state index contributed by atoms with van der Waals surface area (Å²) in [6.45, 7) is 1.70. The van der Waals surface area contributed by atoms with E-state index in [2.05, 4.69) is 15.0 Å². The minimum Gasteiger partial charge on any atom is -0.495 e. The van der Waals surface area contributed by atoms with E-state index in [1.54, 1.807) is 19.2 Å². The summed E-state index contributed by atoms with van der Waals surface area (Å²) < 4.78 is 45.3. The third kappa shape index (κ3) is 4.84. The Morgan fingerprint density at radius 1 is 1.23 bits per heavy atom. The Kier molecular flexibility index (Phi) is 6.49. The minimum absolute atomic E-state index is 0.128. The lowest BCUT2D eigenvalue weighted by atomic mass is 10.1. The maximum atomic E-state index is 13.7. The number of aryl methyl sites for hydroxylation is 1.